The summed E-state index contributed by atoms with van der Waals surface area (Å²) >= 11 is 4.41. The van der Waals surface area contributed by atoms with Crippen LogP contribution in [0.1, 0.15) is 33.1 Å². The second kappa shape index (κ2) is 4.74. The Morgan fingerprint density at radius 1 is 1.67 bits per heavy atom. The van der Waals surface area contributed by atoms with Crippen LogP contribution in [-0.4, -0.2) is 5.12 Å². The van der Waals surface area contributed by atoms with Gasteiger partial charge in [0.05, 0.1) is 0 Å². The summed E-state index contributed by atoms with van der Waals surface area (Å²) < 4.78 is 0. The molecule has 0 N–H and O–H groups in total. The largest absolute Gasteiger partial charge is 0.282 e. The molecule has 0 aromatic heterocycles. The lowest BCUT2D eigenvalue weighted by Crippen LogP contribution is -1.95. The summed E-state index contributed by atoms with van der Waals surface area (Å²) in [4.78, 5) is 10.3. The normalized spacial score (nSPS) is 13.1. The first-order valence-electron chi connectivity index (χ1n) is 3.36. The Labute approximate surface area is 62.2 Å². The number of carbonyl (C=O) groups excluding carboxylic acids is 1. The van der Waals surface area contributed by atoms with E-state index in [1.54, 1.807) is 0 Å². The number of hydrogen-bond donors (Lipinski definition) is 0. The van der Waals surface area contributed by atoms with E-state index in [4.69, 9.17) is 0 Å². The summed E-state index contributed by atoms with van der Waals surface area (Å²) in [7, 11) is 0. The topological polar surface area (TPSA) is 17.1 Å². The van der Waals surface area contributed by atoms with Crippen LogP contribution >= 0.6 is 12.6 Å². The monoisotopic (exact) mass is 145 g/mol. The fraction of sp³-hybridized carbons (Fsp3) is 0.857. The Morgan fingerprint density at radius 3 is 2.56 bits per heavy atom. The summed E-state index contributed by atoms with van der Waals surface area (Å²) in [6, 6.07) is 0. The predicted molar refractivity (Wildman–Crippen MR) is 41.3 cm³/mol. The minimum absolute atomic E-state index is 0.102. The van der Waals surface area contributed by atoms with Crippen LogP contribution in [0.2, 0.25) is 0 Å². The number of hydrogen-bond acceptors (Lipinski definition) is 1. The summed E-state index contributed by atoms with van der Waals surface area (Å²) in [5, 5.41) is -0.102. The van der Waals surface area contributed by atoms with Gasteiger partial charge < -0.3 is 0 Å². The van der Waals surface area contributed by atoms with E-state index >= 15 is 0 Å². The van der Waals surface area contributed by atoms with E-state index in [0.29, 0.717) is 12.3 Å². The lowest BCUT2D eigenvalue weighted by Gasteiger charge is -2.03. The molecule has 0 spiro atoms. The van der Waals surface area contributed by atoms with Crippen LogP contribution < -0.4 is 0 Å². The van der Waals surface area contributed by atoms with E-state index in [2.05, 4.69) is 26.5 Å². The van der Waals surface area contributed by atoms with Gasteiger partial charge in [0.1, 0.15) is 0 Å². The smallest absolute Gasteiger partial charge is 0.218 e. The molecule has 0 aliphatic heterocycles. The molecule has 0 bridgehead atoms. The van der Waals surface area contributed by atoms with Gasteiger partial charge in [-0.05, 0) is 25.0 Å². The Hall–Kier alpha value is -0.110. The second-order valence-corrected chi connectivity index (χ2v) is 2.88. The van der Waals surface area contributed by atoms with Crippen LogP contribution in [0, 0.1) is 5.92 Å². The van der Waals surface area contributed by atoms with E-state index in [-0.39, 0.29) is 5.12 Å². The van der Waals surface area contributed by atoms with Crippen molar-refractivity contribution in [3.8, 4) is 0 Å². The molecule has 0 amide bonds. The third-order valence-electron chi connectivity index (χ3n) is 1.54. The zero-order valence-corrected chi connectivity index (χ0v) is 6.83. The van der Waals surface area contributed by atoms with Gasteiger partial charge in [-0.2, -0.15) is 0 Å². The first kappa shape index (κ1) is 8.89. The first-order chi connectivity index (χ1) is 4.16. The van der Waals surface area contributed by atoms with Crippen LogP contribution in [0.3, 0.4) is 0 Å². The molecule has 1 radical (unpaired) electrons. The van der Waals surface area contributed by atoms with E-state index < -0.39 is 0 Å². The number of rotatable bonds is 4. The fourth-order valence-corrected chi connectivity index (χ4v) is 0.686. The predicted octanol–water partition coefficient (Wildman–Crippen LogP) is 2.54. The fourth-order valence-electron chi connectivity index (χ4n) is 0.568. The molecule has 2 heteroatoms. The molecule has 0 aliphatic carbocycles. The van der Waals surface area contributed by atoms with Crippen LogP contribution in [0.25, 0.3) is 0 Å². The van der Waals surface area contributed by atoms with Crippen molar-refractivity contribution in [3.05, 3.63) is 0 Å². The SMILES string of the molecule is CCC(C)CCC(=O)[S]. The van der Waals surface area contributed by atoms with Crippen molar-refractivity contribution in [2.24, 2.45) is 5.92 Å². The minimum atomic E-state index is -0.102. The van der Waals surface area contributed by atoms with E-state index in [0.717, 1.165) is 12.8 Å². The van der Waals surface area contributed by atoms with Crippen molar-refractivity contribution in [2.45, 2.75) is 33.1 Å². The maximum Gasteiger partial charge on any atom is 0.218 e. The van der Waals surface area contributed by atoms with Gasteiger partial charge in [0.2, 0.25) is 5.12 Å². The van der Waals surface area contributed by atoms with Crippen molar-refractivity contribution in [3.63, 3.8) is 0 Å². The Kier molecular flexibility index (Phi) is 4.68. The highest BCUT2D eigenvalue weighted by Crippen LogP contribution is 2.09. The van der Waals surface area contributed by atoms with Crippen molar-refractivity contribution in [1.82, 2.24) is 0 Å². The molecule has 0 heterocycles. The summed E-state index contributed by atoms with van der Waals surface area (Å²) in [5.41, 5.74) is 0. The van der Waals surface area contributed by atoms with E-state index in [1.165, 1.54) is 0 Å². The van der Waals surface area contributed by atoms with Crippen LogP contribution in [0.15, 0.2) is 0 Å². The maximum absolute atomic E-state index is 10.3. The molecule has 1 unspecified atom stereocenters. The van der Waals surface area contributed by atoms with Crippen molar-refractivity contribution in [1.29, 1.82) is 0 Å². The molecule has 0 aromatic rings. The molecule has 0 fully saturated rings. The zero-order valence-electron chi connectivity index (χ0n) is 6.02. The highest BCUT2D eigenvalue weighted by atomic mass is 32.1. The minimum Gasteiger partial charge on any atom is -0.282 e. The summed E-state index contributed by atoms with van der Waals surface area (Å²) in [6.45, 7) is 4.26. The molecule has 0 rings (SSSR count). The van der Waals surface area contributed by atoms with Gasteiger partial charge in [0.25, 0.3) is 0 Å². The Balaban J connectivity index is 3.16. The highest BCUT2D eigenvalue weighted by molar-refractivity contribution is 7.96. The Morgan fingerprint density at radius 2 is 2.22 bits per heavy atom. The molecule has 53 valence electrons. The molecule has 0 aromatic carbocycles. The molecule has 0 saturated carbocycles. The van der Waals surface area contributed by atoms with Gasteiger partial charge in [0, 0.05) is 6.42 Å². The maximum atomic E-state index is 10.3. The quantitative estimate of drug-likeness (QED) is 0.594. The standard InChI is InChI=1S/C7H13OS/c1-3-6(2)4-5-7(8)9/h6H,3-5H2,1-2H3. The summed E-state index contributed by atoms with van der Waals surface area (Å²) in [5.74, 6) is 0.650. The molecule has 1 atom stereocenters. The molecular formula is C7H13OS. The molecule has 1 nitrogen and oxygen atoms in total. The van der Waals surface area contributed by atoms with Crippen molar-refractivity contribution >= 4 is 17.7 Å². The third-order valence-corrected chi connectivity index (χ3v) is 1.74. The lowest BCUT2D eigenvalue weighted by atomic mass is 10.0. The van der Waals surface area contributed by atoms with Gasteiger partial charge in [-0.15, -0.1) is 0 Å². The van der Waals surface area contributed by atoms with Crippen molar-refractivity contribution < 1.29 is 4.79 Å². The molecule has 0 saturated heterocycles. The zero-order chi connectivity index (χ0) is 7.28. The van der Waals surface area contributed by atoms with Gasteiger partial charge in [0.15, 0.2) is 0 Å². The van der Waals surface area contributed by atoms with Crippen LogP contribution in [0.4, 0.5) is 0 Å². The van der Waals surface area contributed by atoms with Gasteiger partial charge in [-0.1, -0.05) is 20.3 Å². The average Bonchev–Trinajstić information content (AvgIpc) is 1.83. The molecule has 0 aliphatic rings. The van der Waals surface area contributed by atoms with Crippen LogP contribution in [0.5, 0.6) is 0 Å². The lowest BCUT2D eigenvalue weighted by molar-refractivity contribution is -0.111. The number of carbonyl (C=O) groups is 1. The molecular weight excluding hydrogens is 132 g/mol. The average molecular weight is 145 g/mol. The summed E-state index contributed by atoms with van der Waals surface area (Å²) in [6.07, 6.45) is 2.67. The Bertz CT molecular complexity index is 90.9. The van der Waals surface area contributed by atoms with E-state index in [9.17, 15) is 4.79 Å². The van der Waals surface area contributed by atoms with Crippen LogP contribution in [-0.2, 0) is 4.79 Å². The van der Waals surface area contributed by atoms with Gasteiger partial charge in [-0.25, -0.2) is 0 Å². The third kappa shape index (κ3) is 5.77. The van der Waals surface area contributed by atoms with Gasteiger partial charge >= 0.3 is 0 Å². The van der Waals surface area contributed by atoms with Gasteiger partial charge in [-0.3, -0.25) is 4.79 Å². The highest BCUT2D eigenvalue weighted by Gasteiger charge is 2.00. The van der Waals surface area contributed by atoms with Crippen molar-refractivity contribution in [2.75, 3.05) is 0 Å². The first-order valence-corrected chi connectivity index (χ1v) is 3.77. The second-order valence-electron chi connectivity index (χ2n) is 2.42. The molecule has 9 heavy (non-hydrogen) atoms. The van der Waals surface area contributed by atoms with E-state index in [1.807, 2.05) is 0 Å².